The van der Waals surface area contributed by atoms with Gasteiger partial charge in [-0.25, -0.2) is 4.21 Å². The fourth-order valence-electron chi connectivity index (χ4n) is 8.29. The summed E-state index contributed by atoms with van der Waals surface area (Å²) in [6, 6.07) is 11.6. The minimum absolute atomic E-state index is 0.0292. The number of hydrogen-bond donors (Lipinski definition) is 1. The van der Waals surface area contributed by atoms with Crippen molar-refractivity contribution < 1.29 is 23.3 Å². The molecule has 10 nitrogen and oxygen atoms in total. The lowest BCUT2D eigenvalue weighted by molar-refractivity contribution is 0.0131. The summed E-state index contributed by atoms with van der Waals surface area (Å²) in [7, 11) is -0.0560. The van der Waals surface area contributed by atoms with Gasteiger partial charge in [0.25, 0.3) is 11.8 Å². The number of ether oxygens (including phenoxy) is 2. The second kappa shape index (κ2) is 14.2. The third-order valence-corrected chi connectivity index (χ3v) is 13.3. The molecule has 50 heavy (non-hydrogen) atoms. The van der Waals surface area contributed by atoms with Crippen LogP contribution in [0.2, 0.25) is 5.02 Å². The number of rotatable bonds is 4. The average molecular weight is 720 g/mol. The highest BCUT2D eigenvalue weighted by Crippen LogP contribution is 2.47. The second-order valence-electron chi connectivity index (χ2n) is 14.5. The monoisotopic (exact) mass is 719 g/mol. The molecule has 2 amide bonds. The fourth-order valence-corrected chi connectivity index (χ4v) is 10.5. The molecule has 1 unspecified atom stereocenters. The number of aromatic nitrogens is 2. The molecule has 1 fully saturated rings. The average Bonchev–Trinajstić information content (AvgIpc) is 3.47. The molecule has 1 saturated carbocycles. The van der Waals surface area contributed by atoms with Crippen LogP contribution in [0.3, 0.4) is 0 Å². The molecule has 266 valence electrons. The first-order valence-corrected chi connectivity index (χ1v) is 19.7. The van der Waals surface area contributed by atoms with Crippen LogP contribution < -0.4 is 14.4 Å². The highest BCUT2D eigenvalue weighted by Gasteiger charge is 2.44. The topological polar surface area (TPSA) is 115 Å². The van der Waals surface area contributed by atoms with Gasteiger partial charge in [-0.15, -0.1) is 4.36 Å². The lowest BCUT2D eigenvalue weighted by Crippen LogP contribution is -2.49. The Hall–Kier alpha value is -3.67. The van der Waals surface area contributed by atoms with Crippen LogP contribution in [-0.4, -0.2) is 64.5 Å². The highest BCUT2D eigenvalue weighted by atomic mass is 35.5. The maximum absolute atomic E-state index is 14.6. The summed E-state index contributed by atoms with van der Waals surface area (Å²) in [6.07, 6.45) is 13.6. The van der Waals surface area contributed by atoms with Crippen molar-refractivity contribution in [1.82, 2.24) is 14.5 Å². The molecule has 2 aromatic carbocycles. The SMILES string of the molecule is CC[C@H]1C/C=C\[C@H](OC)[C@@H]2CC[C@H]2CN2C[C@@]3(CCCc4cc(Cl)ccc43)COc3ccc(cc32)C(=O)N=S(=O)(NC(=O)c2cnn(C)c2)C1. The van der Waals surface area contributed by atoms with Gasteiger partial charge in [0.1, 0.15) is 15.7 Å². The van der Waals surface area contributed by atoms with Gasteiger partial charge >= 0.3 is 0 Å². The van der Waals surface area contributed by atoms with E-state index in [0.717, 1.165) is 55.9 Å². The molecule has 2 aliphatic carbocycles. The van der Waals surface area contributed by atoms with Crippen molar-refractivity contribution in [3.63, 3.8) is 0 Å². The number of nitrogens with zero attached hydrogens (tertiary/aromatic N) is 4. The Bertz CT molecular complexity index is 1940. The van der Waals surface area contributed by atoms with Gasteiger partial charge < -0.3 is 14.4 Å². The van der Waals surface area contributed by atoms with Crippen LogP contribution in [0.1, 0.15) is 77.3 Å². The number of carbonyl (C=O) groups excluding carboxylic acids is 2. The van der Waals surface area contributed by atoms with Crippen LogP contribution in [0, 0.1) is 17.8 Å². The number of anilines is 1. The predicted molar refractivity (Wildman–Crippen MR) is 195 cm³/mol. The van der Waals surface area contributed by atoms with E-state index < -0.39 is 21.7 Å². The summed E-state index contributed by atoms with van der Waals surface area (Å²) >= 11 is 6.45. The van der Waals surface area contributed by atoms with Crippen molar-refractivity contribution >= 4 is 39.0 Å². The zero-order valence-corrected chi connectivity index (χ0v) is 30.5. The molecule has 6 atom stereocenters. The molecule has 1 spiro atoms. The van der Waals surface area contributed by atoms with Crippen molar-refractivity contribution in [2.45, 2.75) is 63.4 Å². The third kappa shape index (κ3) is 6.96. The minimum Gasteiger partial charge on any atom is -0.490 e. The summed E-state index contributed by atoms with van der Waals surface area (Å²) in [6.45, 7) is 4.02. The largest absolute Gasteiger partial charge is 0.490 e. The van der Waals surface area contributed by atoms with Crippen LogP contribution in [0.15, 0.2) is 65.3 Å². The number of nitrogens with one attached hydrogen (secondary N) is 1. The van der Waals surface area contributed by atoms with E-state index in [2.05, 4.69) is 43.4 Å². The van der Waals surface area contributed by atoms with E-state index in [0.29, 0.717) is 42.6 Å². The lowest BCUT2D eigenvalue weighted by atomic mass is 9.68. The number of amides is 2. The normalized spacial score (nSPS) is 30.2. The van der Waals surface area contributed by atoms with E-state index in [-0.39, 0.29) is 28.8 Å². The zero-order chi connectivity index (χ0) is 35.0. The van der Waals surface area contributed by atoms with Gasteiger partial charge in [0.15, 0.2) is 0 Å². The first kappa shape index (κ1) is 34.8. The predicted octanol–water partition coefficient (Wildman–Crippen LogP) is 6.53. The number of fused-ring (bicyclic) bond motifs is 4. The summed E-state index contributed by atoms with van der Waals surface area (Å²) in [4.78, 5) is 29.7. The first-order valence-electron chi connectivity index (χ1n) is 17.7. The molecule has 1 aromatic heterocycles. The van der Waals surface area contributed by atoms with Crippen molar-refractivity contribution in [2.24, 2.45) is 29.2 Å². The maximum Gasteiger partial charge on any atom is 0.286 e. The van der Waals surface area contributed by atoms with Gasteiger partial charge in [0, 0.05) is 49.4 Å². The van der Waals surface area contributed by atoms with Crippen LogP contribution >= 0.6 is 11.6 Å². The summed E-state index contributed by atoms with van der Waals surface area (Å²) in [5, 5.41) is 4.81. The molecule has 0 radical (unpaired) electrons. The maximum atomic E-state index is 14.6. The molecule has 3 heterocycles. The number of hydrogen-bond acceptors (Lipinski definition) is 7. The molecule has 1 N–H and O–H groups in total. The minimum atomic E-state index is -3.53. The first-order chi connectivity index (χ1) is 24.1. The molecular formula is C38H46ClN5O5S. The van der Waals surface area contributed by atoms with Crippen molar-refractivity contribution in [3.8, 4) is 5.75 Å². The quantitative estimate of drug-likeness (QED) is 0.305. The van der Waals surface area contributed by atoms with Gasteiger partial charge in [-0.05, 0) is 97.7 Å². The second-order valence-corrected chi connectivity index (χ2v) is 16.9. The Labute approximate surface area is 299 Å². The number of halogens is 1. The molecule has 4 aliphatic rings. The molecule has 2 bridgehead atoms. The van der Waals surface area contributed by atoms with Crippen LogP contribution in [0.4, 0.5) is 5.69 Å². The molecule has 2 aliphatic heterocycles. The van der Waals surface area contributed by atoms with Gasteiger partial charge in [0.05, 0.1) is 35.9 Å². The Kier molecular flexibility index (Phi) is 9.84. The van der Waals surface area contributed by atoms with Crippen molar-refractivity contribution in [2.75, 3.05) is 37.5 Å². The molecular weight excluding hydrogens is 674 g/mol. The van der Waals surface area contributed by atoms with Crippen LogP contribution in [-0.2, 0) is 33.5 Å². The van der Waals surface area contributed by atoms with Crippen molar-refractivity contribution in [3.05, 3.63) is 88.2 Å². The van der Waals surface area contributed by atoms with Gasteiger partial charge in [-0.2, -0.15) is 5.10 Å². The van der Waals surface area contributed by atoms with Crippen molar-refractivity contribution in [1.29, 1.82) is 0 Å². The number of methoxy groups -OCH3 is 1. The van der Waals surface area contributed by atoms with Crippen LogP contribution in [0.25, 0.3) is 0 Å². The van der Waals surface area contributed by atoms with E-state index in [9.17, 15) is 13.8 Å². The Morgan fingerprint density at radius 3 is 2.82 bits per heavy atom. The van der Waals surface area contributed by atoms with Gasteiger partial charge in [-0.3, -0.25) is 19.0 Å². The van der Waals surface area contributed by atoms with Gasteiger partial charge in [0.2, 0.25) is 0 Å². The zero-order valence-electron chi connectivity index (χ0n) is 29.0. The Morgan fingerprint density at radius 2 is 2.08 bits per heavy atom. The number of benzene rings is 2. The fraction of sp³-hybridized carbons (Fsp3) is 0.500. The third-order valence-electron chi connectivity index (χ3n) is 11.2. The van der Waals surface area contributed by atoms with Crippen LogP contribution in [0.5, 0.6) is 5.75 Å². The number of allylic oxidation sites excluding steroid dienone is 1. The number of aryl methyl sites for hydroxylation is 2. The Balaban J connectivity index is 1.31. The lowest BCUT2D eigenvalue weighted by Gasteiger charge is -2.46. The number of carbonyl (C=O) groups is 2. The smallest absolute Gasteiger partial charge is 0.286 e. The molecule has 3 aromatic rings. The molecule has 7 rings (SSSR count). The van der Waals surface area contributed by atoms with E-state index in [1.54, 1.807) is 26.4 Å². The summed E-state index contributed by atoms with van der Waals surface area (Å²) < 4.78 is 35.7. The summed E-state index contributed by atoms with van der Waals surface area (Å²) in [5.41, 5.74) is 3.65. The van der Waals surface area contributed by atoms with E-state index in [1.807, 2.05) is 25.1 Å². The van der Waals surface area contributed by atoms with E-state index in [1.165, 1.54) is 22.0 Å². The van der Waals surface area contributed by atoms with E-state index >= 15 is 0 Å². The highest BCUT2D eigenvalue weighted by molar-refractivity contribution is 7.92. The molecule has 0 saturated heterocycles. The van der Waals surface area contributed by atoms with E-state index in [4.69, 9.17) is 21.1 Å². The summed E-state index contributed by atoms with van der Waals surface area (Å²) in [5.74, 6) is 0.148. The standard InChI is InChI=1S/C38H46ClN5O5S/c1-4-25-7-5-9-34(48-3)31-13-10-28(31)21-44-23-38(16-6-8-26-17-30(39)12-14-32(26)38)24-49-35-15-11-27(18-33(35)44)36(45)41-50(47,22-25)42-37(46)29-19-40-43(2)20-29/h5,9,11-12,14-15,17-20,25,28,31,34H,4,6-8,10,13,16,21-24H2,1-3H3,(H,41,42,45,46,47)/b9-5-/t25-,28-,31+,34-,38-,50?/m0/s1. The Morgan fingerprint density at radius 1 is 1.22 bits per heavy atom. The van der Waals surface area contributed by atoms with Gasteiger partial charge in [-0.1, -0.05) is 43.2 Å². The molecule has 12 heteroatoms.